The van der Waals surface area contributed by atoms with E-state index < -0.39 is 10.0 Å². The molecule has 0 aliphatic carbocycles. The average Bonchev–Trinajstić information content (AvgIpc) is 3.34. The summed E-state index contributed by atoms with van der Waals surface area (Å²) in [5.41, 5.74) is 2.17. The number of thiophene rings is 1. The molecule has 0 saturated carbocycles. The number of anilines is 2. The Morgan fingerprint density at radius 2 is 1.91 bits per heavy atom. The molecule has 0 radical (unpaired) electrons. The Hall–Kier alpha value is -3.04. The van der Waals surface area contributed by atoms with Gasteiger partial charge >= 0.3 is 0 Å². The maximum Gasteiger partial charge on any atom is 0.264 e. The van der Waals surface area contributed by atoms with E-state index in [1.807, 2.05) is 17.5 Å². The van der Waals surface area contributed by atoms with E-state index in [-0.39, 0.29) is 17.3 Å². The minimum Gasteiger partial charge on any atom is -0.486 e. The number of ether oxygens (including phenoxy) is 2. The minimum absolute atomic E-state index is 0.0397. The second-order valence-corrected chi connectivity index (χ2v) is 10.9. The number of nitrogens with zero attached hydrogens (tertiary/aromatic N) is 2. The van der Waals surface area contributed by atoms with Crippen molar-refractivity contribution in [3.63, 3.8) is 0 Å². The molecule has 0 atom stereocenters. The van der Waals surface area contributed by atoms with Crippen LogP contribution in [0.2, 0.25) is 0 Å². The fraction of sp³-hybridized carbons (Fsp3) is 0.292. The summed E-state index contributed by atoms with van der Waals surface area (Å²) in [7, 11) is -3.89. The quantitative estimate of drug-likeness (QED) is 0.542. The number of hydrogen-bond acceptors (Lipinski definition) is 6. The lowest BCUT2D eigenvalue weighted by molar-refractivity contribution is -0.116. The van der Waals surface area contributed by atoms with Crippen LogP contribution < -0.4 is 18.7 Å². The lowest BCUT2D eigenvalue weighted by Gasteiger charge is -2.30. The molecular weight excluding hydrogens is 460 g/mol. The number of hydrogen-bond donors (Lipinski definition) is 0. The number of carbonyl (C=O) groups is 1. The first-order valence-electron chi connectivity index (χ1n) is 10.8. The first-order chi connectivity index (χ1) is 15.9. The number of carbonyl (C=O) groups excluding carboxylic acids is 1. The molecule has 9 heteroatoms. The van der Waals surface area contributed by atoms with Crippen molar-refractivity contribution < 1.29 is 22.7 Å². The maximum atomic E-state index is 13.9. The zero-order valence-corrected chi connectivity index (χ0v) is 19.8. The number of benzene rings is 2. The maximum absolute atomic E-state index is 13.9. The van der Waals surface area contributed by atoms with Crippen molar-refractivity contribution in [3.05, 3.63) is 64.4 Å². The van der Waals surface area contributed by atoms with Crippen molar-refractivity contribution >= 4 is 38.6 Å². The minimum atomic E-state index is -3.89. The van der Waals surface area contributed by atoms with Gasteiger partial charge in [0.2, 0.25) is 5.91 Å². The van der Waals surface area contributed by atoms with Gasteiger partial charge in [0.25, 0.3) is 10.0 Å². The molecule has 1 aromatic heterocycles. The van der Waals surface area contributed by atoms with Gasteiger partial charge in [0.1, 0.15) is 13.2 Å². The second-order valence-electron chi connectivity index (χ2n) is 7.98. The molecule has 0 spiro atoms. The highest BCUT2D eigenvalue weighted by Crippen LogP contribution is 2.38. The van der Waals surface area contributed by atoms with E-state index >= 15 is 0 Å². The van der Waals surface area contributed by atoms with Crippen molar-refractivity contribution in [1.29, 1.82) is 0 Å². The van der Waals surface area contributed by atoms with Crippen molar-refractivity contribution in [2.24, 2.45) is 0 Å². The zero-order chi connectivity index (χ0) is 23.0. The van der Waals surface area contributed by atoms with Crippen LogP contribution in [0.3, 0.4) is 0 Å². The molecule has 33 heavy (non-hydrogen) atoms. The van der Waals surface area contributed by atoms with E-state index in [0.29, 0.717) is 36.9 Å². The molecule has 2 aliphatic heterocycles. The number of sulfonamides is 1. The van der Waals surface area contributed by atoms with Crippen molar-refractivity contribution in [1.82, 2.24) is 0 Å². The Kier molecular flexibility index (Phi) is 5.76. The monoisotopic (exact) mass is 484 g/mol. The van der Waals surface area contributed by atoms with Gasteiger partial charge in [-0.25, -0.2) is 8.42 Å². The van der Waals surface area contributed by atoms with Gasteiger partial charge in [-0.2, -0.15) is 0 Å². The van der Waals surface area contributed by atoms with Crippen LogP contribution in [0.25, 0.3) is 0 Å². The Morgan fingerprint density at radius 3 is 2.67 bits per heavy atom. The summed E-state index contributed by atoms with van der Waals surface area (Å²) in [6.45, 7) is 3.28. The van der Waals surface area contributed by atoms with Crippen LogP contribution in [0.4, 0.5) is 11.4 Å². The third-order valence-electron chi connectivity index (χ3n) is 5.83. The fourth-order valence-electron chi connectivity index (χ4n) is 4.23. The standard InChI is InChI=1S/C24H24N2O5S2/c1-17(27)25-10-2-4-18-14-21(7-8-22(18)25)33(28,29)26(16-20-5-3-13-32-20)19-6-9-23-24(15-19)31-12-11-30-23/h3,5-9,13-15H,2,4,10-12,16H2,1H3. The third-order valence-corrected chi connectivity index (χ3v) is 8.46. The van der Waals surface area contributed by atoms with Crippen LogP contribution in [0.5, 0.6) is 11.5 Å². The first-order valence-corrected chi connectivity index (χ1v) is 13.1. The second kappa shape index (κ2) is 8.72. The Morgan fingerprint density at radius 1 is 1.09 bits per heavy atom. The summed E-state index contributed by atoms with van der Waals surface area (Å²) in [5.74, 6) is 1.10. The van der Waals surface area contributed by atoms with E-state index in [9.17, 15) is 13.2 Å². The van der Waals surface area contributed by atoms with E-state index in [4.69, 9.17) is 9.47 Å². The number of aryl methyl sites for hydroxylation is 1. The van der Waals surface area contributed by atoms with Crippen LogP contribution >= 0.6 is 11.3 Å². The Bertz CT molecular complexity index is 1290. The van der Waals surface area contributed by atoms with E-state index in [1.54, 1.807) is 41.3 Å². The third kappa shape index (κ3) is 4.18. The molecule has 2 aliphatic rings. The van der Waals surface area contributed by atoms with Crippen LogP contribution in [0.1, 0.15) is 23.8 Å². The molecule has 0 saturated heterocycles. The number of amides is 1. The molecule has 0 unspecified atom stereocenters. The largest absolute Gasteiger partial charge is 0.486 e. The smallest absolute Gasteiger partial charge is 0.264 e. The van der Waals surface area contributed by atoms with Gasteiger partial charge in [-0.1, -0.05) is 6.07 Å². The van der Waals surface area contributed by atoms with Gasteiger partial charge in [-0.15, -0.1) is 11.3 Å². The zero-order valence-electron chi connectivity index (χ0n) is 18.2. The highest BCUT2D eigenvalue weighted by atomic mass is 32.2. The normalized spacial score (nSPS) is 15.1. The van der Waals surface area contributed by atoms with Crippen molar-refractivity contribution in [3.8, 4) is 11.5 Å². The lowest BCUT2D eigenvalue weighted by atomic mass is 10.0. The van der Waals surface area contributed by atoms with Crippen molar-refractivity contribution in [2.45, 2.75) is 31.2 Å². The van der Waals surface area contributed by atoms with Crippen LogP contribution in [-0.4, -0.2) is 34.1 Å². The SMILES string of the molecule is CC(=O)N1CCCc2cc(S(=O)(=O)N(Cc3cccs3)c3ccc4c(c3)OCCO4)ccc21. The van der Waals surface area contributed by atoms with Gasteiger partial charge in [0.05, 0.1) is 17.1 Å². The molecule has 3 heterocycles. The van der Waals surface area contributed by atoms with Crippen molar-refractivity contribution in [2.75, 3.05) is 29.0 Å². The summed E-state index contributed by atoms with van der Waals surface area (Å²) in [5, 5.41) is 1.93. The molecule has 5 rings (SSSR count). The van der Waals surface area contributed by atoms with E-state index in [0.717, 1.165) is 29.0 Å². The Labute approximate surface area is 197 Å². The first kappa shape index (κ1) is 21.8. The summed E-state index contributed by atoms with van der Waals surface area (Å²) in [6, 6.07) is 14.1. The van der Waals surface area contributed by atoms with Gasteiger partial charge < -0.3 is 14.4 Å². The molecule has 2 aromatic carbocycles. The molecule has 172 valence electrons. The lowest BCUT2D eigenvalue weighted by Crippen LogP contribution is -2.34. The average molecular weight is 485 g/mol. The number of rotatable bonds is 5. The van der Waals surface area contributed by atoms with Gasteiger partial charge in [-0.3, -0.25) is 9.10 Å². The summed E-state index contributed by atoms with van der Waals surface area (Å²) >= 11 is 1.51. The highest BCUT2D eigenvalue weighted by Gasteiger charge is 2.29. The molecule has 0 bridgehead atoms. The van der Waals surface area contributed by atoms with Gasteiger partial charge in [0, 0.05) is 30.1 Å². The topological polar surface area (TPSA) is 76.2 Å². The molecular formula is C24H24N2O5S2. The number of fused-ring (bicyclic) bond motifs is 2. The molecule has 3 aromatic rings. The van der Waals surface area contributed by atoms with E-state index in [1.165, 1.54) is 22.6 Å². The highest BCUT2D eigenvalue weighted by molar-refractivity contribution is 7.92. The van der Waals surface area contributed by atoms with Gasteiger partial charge in [-0.05, 0) is 60.2 Å². The molecule has 7 nitrogen and oxygen atoms in total. The van der Waals surface area contributed by atoms with E-state index in [2.05, 4.69) is 0 Å². The summed E-state index contributed by atoms with van der Waals surface area (Å²) in [6.07, 6.45) is 1.54. The molecule has 0 fully saturated rings. The predicted molar refractivity (Wildman–Crippen MR) is 128 cm³/mol. The molecule has 0 N–H and O–H groups in total. The predicted octanol–water partition coefficient (Wildman–Crippen LogP) is 4.21. The molecule has 1 amide bonds. The summed E-state index contributed by atoms with van der Waals surface area (Å²) in [4.78, 5) is 14.8. The van der Waals surface area contributed by atoms with Crippen LogP contribution in [-0.2, 0) is 27.8 Å². The van der Waals surface area contributed by atoms with Crippen LogP contribution in [0.15, 0.2) is 58.8 Å². The summed E-state index contributed by atoms with van der Waals surface area (Å²) < 4.78 is 40.5. The van der Waals surface area contributed by atoms with Crippen LogP contribution in [0, 0.1) is 0 Å². The Balaban J connectivity index is 1.57. The van der Waals surface area contributed by atoms with Gasteiger partial charge in [0.15, 0.2) is 11.5 Å². The fourth-order valence-corrected chi connectivity index (χ4v) is 6.49.